The smallest absolute Gasteiger partial charge is 0.149 e. The van der Waals surface area contributed by atoms with E-state index >= 15 is 0 Å². The third-order valence-electron chi connectivity index (χ3n) is 8.09. The normalized spacial score (nSPS) is 15.2. The van der Waals surface area contributed by atoms with Crippen molar-refractivity contribution in [3.8, 4) is 0 Å². The van der Waals surface area contributed by atoms with Crippen molar-refractivity contribution in [2.75, 3.05) is 41.0 Å². The number of hydrogen-bond donors (Lipinski definition) is 0. The molecule has 0 saturated carbocycles. The third-order valence-corrected chi connectivity index (χ3v) is 8.09. The van der Waals surface area contributed by atoms with Crippen molar-refractivity contribution in [2.45, 2.75) is 40.2 Å². The van der Waals surface area contributed by atoms with E-state index in [2.05, 4.69) is 145 Å². The summed E-state index contributed by atoms with van der Waals surface area (Å²) < 4.78 is 0. The molecule has 0 bridgehead atoms. The van der Waals surface area contributed by atoms with Crippen LogP contribution < -0.4 is 14.8 Å². The van der Waals surface area contributed by atoms with Crippen LogP contribution in [0.3, 0.4) is 0 Å². The Bertz CT molecular complexity index is 1520. The van der Waals surface area contributed by atoms with E-state index in [1.807, 2.05) is 24.4 Å². The minimum Gasteiger partial charge on any atom is -0.372 e. The van der Waals surface area contributed by atoms with Crippen LogP contribution in [0.2, 0.25) is 0 Å². The highest BCUT2D eigenvalue weighted by Gasteiger charge is 2.26. The molecule has 0 saturated heterocycles. The fourth-order valence-corrected chi connectivity index (χ4v) is 5.67. The lowest BCUT2D eigenvalue weighted by molar-refractivity contribution is 0.776. The number of benzene rings is 3. The molecule has 1 atom stereocenters. The van der Waals surface area contributed by atoms with Crippen LogP contribution in [0.1, 0.15) is 50.8 Å². The number of nitrogens with zero attached hydrogens (tertiary/aromatic N) is 5. The molecule has 1 aromatic heterocycles. The van der Waals surface area contributed by atoms with Gasteiger partial charge in [-0.05, 0) is 92.4 Å². The van der Waals surface area contributed by atoms with Gasteiger partial charge in [0.25, 0.3) is 0 Å². The molecule has 220 valence electrons. The van der Waals surface area contributed by atoms with Gasteiger partial charge in [0.2, 0.25) is 0 Å². The van der Waals surface area contributed by atoms with E-state index in [-0.39, 0.29) is 6.04 Å². The summed E-state index contributed by atoms with van der Waals surface area (Å²) in [7, 11) is 0. The van der Waals surface area contributed by atoms with Gasteiger partial charge in [0.05, 0.1) is 11.8 Å². The van der Waals surface area contributed by atoms with Crippen molar-refractivity contribution in [3.63, 3.8) is 0 Å². The summed E-state index contributed by atoms with van der Waals surface area (Å²) in [6, 6.07) is 34.4. The molecule has 43 heavy (non-hydrogen) atoms. The van der Waals surface area contributed by atoms with Crippen LogP contribution >= 0.6 is 0 Å². The van der Waals surface area contributed by atoms with E-state index in [1.54, 1.807) is 0 Å². The molecule has 0 fully saturated rings. The van der Waals surface area contributed by atoms with Crippen LogP contribution in [0.15, 0.2) is 121 Å². The Morgan fingerprint density at radius 3 is 1.88 bits per heavy atom. The van der Waals surface area contributed by atoms with Crippen molar-refractivity contribution in [1.82, 2.24) is 4.98 Å². The molecular weight excluding hydrogens is 526 g/mol. The number of rotatable bonds is 12. The molecule has 3 aromatic carbocycles. The molecule has 1 aliphatic heterocycles. The Labute approximate surface area is 257 Å². The summed E-state index contributed by atoms with van der Waals surface area (Å²) in [4.78, 5) is 9.37. The number of hydrazone groups is 1. The second-order valence-corrected chi connectivity index (χ2v) is 10.7. The zero-order valence-electron chi connectivity index (χ0n) is 25.9. The van der Waals surface area contributed by atoms with Gasteiger partial charge in [-0.2, -0.15) is 5.10 Å². The average molecular weight is 570 g/mol. The van der Waals surface area contributed by atoms with Crippen molar-refractivity contribution in [3.05, 3.63) is 132 Å². The lowest BCUT2D eigenvalue weighted by Gasteiger charge is -2.21. The molecule has 5 rings (SSSR count). The van der Waals surface area contributed by atoms with Gasteiger partial charge >= 0.3 is 0 Å². The van der Waals surface area contributed by atoms with Crippen molar-refractivity contribution < 1.29 is 0 Å². The molecular formula is C38H43N5. The van der Waals surface area contributed by atoms with E-state index in [0.29, 0.717) is 0 Å². The first kappa shape index (κ1) is 29.8. The Balaban J connectivity index is 1.46. The van der Waals surface area contributed by atoms with Crippen molar-refractivity contribution >= 4 is 34.6 Å². The quantitative estimate of drug-likeness (QED) is 0.171. The molecule has 0 N–H and O–H groups in total. The number of anilines is 3. The van der Waals surface area contributed by atoms with Crippen LogP contribution in [-0.2, 0) is 0 Å². The monoisotopic (exact) mass is 569 g/mol. The van der Waals surface area contributed by atoms with Crippen LogP contribution in [-0.4, -0.2) is 42.9 Å². The lowest BCUT2D eigenvalue weighted by Crippen LogP contribution is -2.24. The van der Waals surface area contributed by atoms with Gasteiger partial charge in [0.15, 0.2) is 0 Å². The van der Waals surface area contributed by atoms with Gasteiger partial charge in [0, 0.05) is 50.2 Å². The first-order chi connectivity index (χ1) is 21.1. The van der Waals surface area contributed by atoms with E-state index in [1.165, 1.54) is 33.6 Å². The summed E-state index contributed by atoms with van der Waals surface area (Å²) in [6.07, 6.45) is 9.34. The Kier molecular flexibility index (Phi) is 10.1. The number of aromatic nitrogens is 1. The molecule has 0 radical (unpaired) electrons. The molecule has 5 heteroatoms. The first-order valence-corrected chi connectivity index (χ1v) is 15.6. The predicted molar refractivity (Wildman–Crippen MR) is 185 cm³/mol. The summed E-state index contributed by atoms with van der Waals surface area (Å²) in [6.45, 7) is 12.8. The molecule has 0 aliphatic carbocycles. The first-order valence-electron chi connectivity index (χ1n) is 15.6. The molecule has 5 nitrogen and oxygen atoms in total. The fourth-order valence-electron chi connectivity index (χ4n) is 5.67. The van der Waals surface area contributed by atoms with E-state index in [4.69, 9.17) is 5.10 Å². The molecule has 1 unspecified atom stereocenters. The van der Waals surface area contributed by atoms with Crippen LogP contribution in [0, 0.1) is 0 Å². The average Bonchev–Trinajstić information content (AvgIpc) is 3.48. The Hall–Kier alpha value is -4.64. The maximum Gasteiger partial charge on any atom is 0.149 e. The molecule has 0 spiro atoms. The van der Waals surface area contributed by atoms with E-state index < -0.39 is 0 Å². The Morgan fingerprint density at radius 2 is 1.30 bits per heavy atom. The van der Waals surface area contributed by atoms with Gasteiger partial charge in [-0.15, -0.1) is 0 Å². The van der Waals surface area contributed by atoms with Gasteiger partial charge in [0.1, 0.15) is 5.82 Å². The summed E-state index contributed by atoms with van der Waals surface area (Å²) in [5.74, 6) is 0.849. The second kappa shape index (κ2) is 14.5. The molecule has 0 amide bonds. The highest BCUT2D eigenvalue weighted by Crippen LogP contribution is 2.30. The Morgan fingerprint density at radius 1 is 0.721 bits per heavy atom. The summed E-state index contributed by atoms with van der Waals surface area (Å²) in [5, 5.41) is 7.17. The van der Waals surface area contributed by atoms with Crippen molar-refractivity contribution in [2.24, 2.45) is 5.10 Å². The van der Waals surface area contributed by atoms with E-state index in [9.17, 15) is 0 Å². The zero-order chi connectivity index (χ0) is 30.0. The fraction of sp³-hybridized carbons (Fsp3) is 0.263. The standard InChI is InChI=1S/C38H43N5/c1-5-41(6-2)34-22-17-30(18-23-34)19-24-36-28-33(40-43(36)38-16-12-13-27-39-38)29-37(31-14-10-9-11-15-31)32-20-25-35(26-21-32)42(7-3)8-4/h9-27,29,36H,5-8,28H2,1-4H3. The van der Waals surface area contributed by atoms with Crippen LogP contribution in [0.5, 0.6) is 0 Å². The highest BCUT2D eigenvalue weighted by atomic mass is 15.5. The minimum absolute atomic E-state index is 0.0608. The maximum absolute atomic E-state index is 5.12. The topological polar surface area (TPSA) is 35.0 Å². The SMILES string of the molecule is CCN(CC)c1ccc(C=CC2CC(C=C(c3ccccc3)c3ccc(N(CC)CC)cc3)=NN2c2ccccn2)cc1. The highest BCUT2D eigenvalue weighted by molar-refractivity contribution is 6.06. The molecule has 2 heterocycles. The van der Waals surface area contributed by atoms with E-state index in [0.717, 1.165) is 44.1 Å². The van der Waals surface area contributed by atoms with Gasteiger partial charge < -0.3 is 9.80 Å². The largest absolute Gasteiger partial charge is 0.372 e. The van der Waals surface area contributed by atoms with Crippen LogP contribution in [0.4, 0.5) is 17.2 Å². The summed E-state index contributed by atoms with van der Waals surface area (Å²) >= 11 is 0. The minimum atomic E-state index is 0.0608. The predicted octanol–water partition coefficient (Wildman–Crippen LogP) is 8.55. The van der Waals surface area contributed by atoms with Gasteiger partial charge in [-0.1, -0.05) is 72.8 Å². The lowest BCUT2D eigenvalue weighted by atomic mass is 9.95. The van der Waals surface area contributed by atoms with Gasteiger partial charge in [-0.3, -0.25) is 0 Å². The molecule has 4 aromatic rings. The number of hydrogen-bond acceptors (Lipinski definition) is 5. The van der Waals surface area contributed by atoms with Gasteiger partial charge in [-0.25, -0.2) is 9.99 Å². The number of allylic oxidation sites excluding steroid dienone is 1. The van der Waals surface area contributed by atoms with Crippen molar-refractivity contribution in [1.29, 1.82) is 0 Å². The zero-order valence-corrected chi connectivity index (χ0v) is 25.9. The maximum atomic E-state index is 5.12. The molecule has 1 aliphatic rings. The second-order valence-electron chi connectivity index (χ2n) is 10.7. The third kappa shape index (κ3) is 7.23. The van der Waals surface area contributed by atoms with Crippen LogP contribution in [0.25, 0.3) is 11.6 Å². The number of pyridine rings is 1. The summed E-state index contributed by atoms with van der Waals surface area (Å²) in [5.41, 5.74) is 8.24.